The Labute approximate surface area is 306 Å². The minimum absolute atomic E-state index is 0.0221. The number of phenols is 2. The van der Waals surface area contributed by atoms with Crippen molar-refractivity contribution in [3.8, 4) is 17.2 Å². The molecule has 0 unspecified atom stereocenters. The summed E-state index contributed by atoms with van der Waals surface area (Å²) in [6, 6.07) is 18.3. The second kappa shape index (κ2) is 17.0. The second-order valence-corrected chi connectivity index (χ2v) is 16.2. The monoisotopic (exact) mass is 789 g/mol. The van der Waals surface area contributed by atoms with Crippen LogP contribution in [0.3, 0.4) is 0 Å². The SMILES string of the molecule is CCN(CC)CCOc1ccc(CN(Cc2cccc(CNS(=O)(=O)c3cc(Cl)cc(Cl)c3O)c2)S(=O)(=O)c2cc(Cl)cc(Cl)c2O)cc1. The Morgan fingerprint density at radius 3 is 1.88 bits per heavy atom. The van der Waals surface area contributed by atoms with Crippen LogP contribution >= 0.6 is 46.4 Å². The van der Waals surface area contributed by atoms with Crippen LogP contribution in [-0.2, 0) is 39.7 Å². The van der Waals surface area contributed by atoms with E-state index in [9.17, 15) is 27.0 Å². The van der Waals surface area contributed by atoms with Crippen LogP contribution in [0.2, 0.25) is 20.1 Å². The van der Waals surface area contributed by atoms with Gasteiger partial charge in [-0.3, -0.25) is 0 Å². The average molecular weight is 792 g/mol. The third-order valence-corrected chi connectivity index (χ3v) is 11.8. The van der Waals surface area contributed by atoms with E-state index in [4.69, 9.17) is 51.1 Å². The fourth-order valence-electron chi connectivity index (χ4n) is 4.88. The summed E-state index contributed by atoms with van der Waals surface area (Å²) in [4.78, 5) is 1.28. The zero-order valence-corrected chi connectivity index (χ0v) is 31.2. The molecule has 264 valence electrons. The summed E-state index contributed by atoms with van der Waals surface area (Å²) in [7, 11) is -8.64. The fraction of sp³-hybridized carbons (Fsp3) is 0.273. The molecule has 0 fully saturated rings. The summed E-state index contributed by atoms with van der Waals surface area (Å²) < 4.78 is 63.5. The fourth-order valence-corrected chi connectivity index (χ4v) is 8.81. The average Bonchev–Trinajstić information content (AvgIpc) is 3.06. The maximum atomic E-state index is 14.1. The van der Waals surface area contributed by atoms with Gasteiger partial charge in [0.15, 0.2) is 11.5 Å². The summed E-state index contributed by atoms with van der Waals surface area (Å²) in [5, 5.41) is 20.5. The number of hydrogen-bond acceptors (Lipinski definition) is 8. The molecule has 10 nitrogen and oxygen atoms in total. The molecular weight excluding hydrogens is 756 g/mol. The highest BCUT2D eigenvalue weighted by molar-refractivity contribution is 7.89. The third-order valence-electron chi connectivity index (χ3n) is 7.56. The number of benzene rings is 4. The first-order chi connectivity index (χ1) is 23.1. The van der Waals surface area contributed by atoms with E-state index < -0.39 is 41.3 Å². The van der Waals surface area contributed by atoms with Gasteiger partial charge >= 0.3 is 0 Å². The highest BCUT2D eigenvalue weighted by atomic mass is 35.5. The number of sulfonamides is 2. The highest BCUT2D eigenvalue weighted by Gasteiger charge is 2.30. The molecule has 16 heteroatoms. The lowest BCUT2D eigenvalue weighted by molar-refractivity contribution is 0.223. The van der Waals surface area contributed by atoms with Crippen molar-refractivity contribution in [2.24, 2.45) is 0 Å². The maximum Gasteiger partial charge on any atom is 0.247 e. The predicted molar refractivity (Wildman–Crippen MR) is 193 cm³/mol. The molecule has 3 N–H and O–H groups in total. The number of rotatable bonds is 16. The Bertz CT molecular complexity index is 1990. The number of nitrogens with one attached hydrogen (secondary N) is 1. The molecule has 0 aliphatic carbocycles. The van der Waals surface area contributed by atoms with Crippen molar-refractivity contribution in [1.29, 1.82) is 0 Å². The molecule has 4 rings (SSSR count). The number of ether oxygens (including phenoxy) is 1. The molecule has 4 aromatic carbocycles. The molecule has 0 radical (unpaired) electrons. The van der Waals surface area contributed by atoms with E-state index in [-0.39, 0.29) is 39.7 Å². The number of phenolic OH excluding ortho intramolecular Hbond substituents is 2. The minimum Gasteiger partial charge on any atom is -0.505 e. The second-order valence-electron chi connectivity index (χ2n) is 10.9. The van der Waals surface area contributed by atoms with Gasteiger partial charge in [-0.05, 0) is 66.2 Å². The van der Waals surface area contributed by atoms with Gasteiger partial charge in [-0.1, -0.05) is 96.6 Å². The van der Waals surface area contributed by atoms with E-state index in [1.54, 1.807) is 48.5 Å². The minimum atomic E-state index is -4.40. The van der Waals surface area contributed by atoms with E-state index in [1.165, 1.54) is 12.1 Å². The van der Waals surface area contributed by atoms with Crippen molar-refractivity contribution in [1.82, 2.24) is 13.9 Å². The first kappa shape index (κ1) is 39.0. The van der Waals surface area contributed by atoms with Crippen LogP contribution in [0.5, 0.6) is 17.2 Å². The summed E-state index contributed by atoms with van der Waals surface area (Å²) in [5.41, 5.74) is 1.64. The van der Waals surface area contributed by atoms with Gasteiger partial charge in [0.2, 0.25) is 20.0 Å². The largest absolute Gasteiger partial charge is 0.505 e. The lowest BCUT2D eigenvalue weighted by atomic mass is 10.1. The zero-order valence-electron chi connectivity index (χ0n) is 26.5. The molecule has 0 atom stereocenters. The standard InChI is InChI=1S/C33H35Cl4N3O7S2/c1-3-39(4-2)12-13-47-27-10-8-22(9-11-27)20-40(49(45,46)31-18-26(35)16-29(37)33(31)42)21-24-7-5-6-23(14-24)19-38-48(43,44)30-17-25(34)15-28(36)32(30)41/h5-11,14-18,38,41-42H,3-4,12-13,19-21H2,1-2H3. The van der Waals surface area contributed by atoms with Gasteiger partial charge in [-0.15, -0.1) is 0 Å². The van der Waals surface area contributed by atoms with Crippen molar-refractivity contribution in [3.63, 3.8) is 0 Å². The van der Waals surface area contributed by atoms with Crippen LogP contribution in [0.15, 0.2) is 82.6 Å². The molecule has 0 aliphatic heterocycles. The Hall–Kier alpha value is -2.78. The highest BCUT2D eigenvalue weighted by Crippen LogP contribution is 2.37. The molecule has 0 saturated carbocycles. The first-order valence-electron chi connectivity index (χ1n) is 15.0. The van der Waals surface area contributed by atoms with Gasteiger partial charge in [0.1, 0.15) is 22.1 Å². The number of nitrogens with zero attached hydrogens (tertiary/aromatic N) is 2. The van der Waals surface area contributed by atoms with E-state index in [0.29, 0.717) is 29.0 Å². The lowest BCUT2D eigenvalue weighted by Crippen LogP contribution is -2.30. The Morgan fingerprint density at radius 2 is 1.27 bits per heavy atom. The molecular formula is C33H35Cl4N3O7S2. The van der Waals surface area contributed by atoms with E-state index >= 15 is 0 Å². The van der Waals surface area contributed by atoms with Crippen LogP contribution in [0.1, 0.15) is 30.5 Å². The first-order valence-corrected chi connectivity index (χ1v) is 19.5. The van der Waals surface area contributed by atoms with Crippen LogP contribution in [0.4, 0.5) is 0 Å². The molecule has 0 aliphatic rings. The topological polar surface area (TPSA) is 136 Å². The summed E-state index contributed by atoms with van der Waals surface area (Å²) in [5.74, 6) is -0.648. The summed E-state index contributed by atoms with van der Waals surface area (Å²) in [6.07, 6.45) is 0. The van der Waals surface area contributed by atoms with Gasteiger partial charge < -0.3 is 19.8 Å². The molecule has 0 aromatic heterocycles. The van der Waals surface area contributed by atoms with Crippen LogP contribution in [0, 0.1) is 0 Å². The smallest absolute Gasteiger partial charge is 0.247 e. The van der Waals surface area contributed by atoms with Crippen molar-refractivity contribution >= 4 is 66.5 Å². The lowest BCUT2D eigenvalue weighted by Gasteiger charge is -2.24. The van der Waals surface area contributed by atoms with E-state index in [0.717, 1.165) is 36.1 Å². The Kier molecular flexibility index (Phi) is 13.5. The molecule has 0 spiro atoms. The number of halogens is 4. The summed E-state index contributed by atoms with van der Waals surface area (Å²) in [6.45, 7) is 6.79. The molecule has 0 bridgehead atoms. The number of aromatic hydroxyl groups is 2. The third kappa shape index (κ3) is 10.2. The molecule has 0 saturated heterocycles. The van der Waals surface area contributed by atoms with Crippen LogP contribution in [-0.4, -0.2) is 62.5 Å². The molecule has 4 aromatic rings. The van der Waals surface area contributed by atoms with Crippen LogP contribution in [0.25, 0.3) is 0 Å². The van der Waals surface area contributed by atoms with Crippen molar-refractivity contribution < 1.29 is 31.8 Å². The van der Waals surface area contributed by atoms with Gasteiger partial charge in [-0.25, -0.2) is 21.6 Å². The number of hydrogen-bond donors (Lipinski definition) is 3. The van der Waals surface area contributed by atoms with E-state index in [1.807, 2.05) is 0 Å². The van der Waals surface area contributed by atoms with Gasteiger partial charge in [0.25, 0.3) is 0 Å². The van der Waals surface area contributed by atoms with Crippen LogP contribution < -0.4 is 9.46 Å². The summed E-state index contributed by atoms with van der Waals surface area (Å²) >= 11 is 24.1. The number of likely N-dealkylation sites (N-methyl/N-ethyl adjacent to an activating group) is 1. The van der Waals surface area contributed by atoms with Gasteiger partial charge in [0, 0.05) is 36.2 Å². The Balaban J connectivity index is 1.59. The van der Waals surface area contributed by atoms with Gasteiger partial charge in [0.05, 0.1) is 10.0 Å². The quantitative estimate of drug-likeness (QED) is 0.108. The van der Waals surface area contributed by atoms with Gasteiger partial charge in [-0.2, -0.15) is 4.31 Å². The van der Waals surface area contributed by atoms with Crippen molar-refractivity contribution in [2.45, 2.75) is 43.3 Å². The molecule has 0 heterocycles. The zero-order chi connectivity index (χ0) is 35.9. The van der Waals surface area contributed by atoms with Crippen molar-refractivity contribution in [2.75, 3.05) is 26.2 Å². The van der Waals surface area contributed by atoms with E-state index in [2.05, 4.69) is 23.5 Å². The maximum absolute atomic E-state index is 14.1. The molecule has 0 amide bonds. The normalized spacial score (nSPS) is 12.2. The Morgan fingerprint density at radius 1 is 0.714 bits per heavy atom. The molecule has 49 heavy (non-hydrogen) atoms. The van der Waals surface area contributed by atoms with Crippen molar-refractivity contribution in [3.05, 3.63) is 110 Å². The predicted octanol–water partition coefficient (Wildman–Crippen LogP) is 7.30.